The molecule has 1 heterocycles. The lowest BCUT2D eigenvalue weighted by molar-refractivity contribution is -0.111. The SMILES string of the molecule is N=[N+]=CC(=O)c1ccc2c(c1)N(Cc1ccccc1)S(O)(O)C2. The van der Waals surface area contributed by atoms with Gasteiger partial charge in [-0.2, -0.15) is 0 Å². The third-order valence-electron chi connectivity index (χ3n) is 3.69. The molecule has 118 valence electrons. The van der Waals surface area contributed by atoms with Gasteiger partial charge >= 0.3 is 6.21 Å². The highest BCUT2D eigenvalue weighted by Gasteiger charge is 2.34. The molecule has 2 aromatic carbocycles. The van der Waals surface area contributed by atoms with Gasteiger partial charge in [-0.05, 0) is 17.2 Å². The van der Waals surface area contributed by atoms with E-state index in [2.05, 4.69) is 4.79 Å². The molecule has 3 N–H and O–H groups in total. The fourth-order valence-corrected chi connectivity index (χ4v) is 4.24. The van der Waals surface area contributed by atoms with E-state index in [0.717, 1.165) is 17.3 Å². The minimum atomic E-state index is -2.95. The quantitative estimate of drug-likeness (QED) is 0.346. The minimum absolute atomic E-state index is 0.149. The Balaban J connectivity index is 1.99. The monoisotopic (exact) mass is 330 g/mol. The van der Waals surface area contributed by atoms with Gasteiger partial charge in [0.05, 0.1) is 28.3 Å². The summed E-state index contributed by atoms with van der Waals surface area (Å²) in [5.74, 6) is -0.235. The number of hydrogen-bond donors (Lipinski definition) is 3. The third-order valence-corrected chi connectivity index (χ3v) is 5.42. The Kier molecular flexibility index (Phi) is 4.02. The van der Waals surface area contributed by atoms with Crippen LogP contribution in [0.1, 0.15) is 21.5 Å². The van der Waals surface area contributed by atoms with Crippen LogP contribution in [-0.2, 0) is 12.3 Å². The second-order valence-electron chi connectivity index (χ2n) is 5.26. The summed E-state index contributed by atoms with van der Waals surface area (Å²) in [7, 11) is -2.95. The van der Waals surface area contributed by atoms with Crippen LogP contribution in [0.2, 0.25) is 0 Å². The summed E-state index contributed by atoms with van der Waals surface area (Å²) in [6, 6.07) is 14.5. The molecule has 0 spiro atoms. The molecular formula is C16H16N3O3S+. The molecule has 0 atom stereocenters. The van der Waals surface area contributed by atoms with Crippen molar-refractivity contribution in [3.05, 3.63) is 65.2 Å². The second kappa shape index (κ2) is 5.98. The van der Waals surface area contributed by atoms with Crippen molar-refractivity contribution in [1.29, 1.82) is 5.53 Å². The molecular weight excluding hydrogens is 314 g/mol. The van der Waals surface area contributed by atoms with Crippen molar-refractivity contribution in [3.8, 4) is 0 Å². The zero-order chi connectivity index (χ0) is 16.4. The second-order valence-corrected chi connectivity index (χ2v) is 7.26. The Bertz CT molecular complexity index is 801. The van der Waals surface area contributed by atoms with Gasteiger partial charge in [-0.15, -0.1) is 10.8 Å². The van der Waals surface area contributed by atoms with Crippen LogP contribution >= 0.6 is 10.8 Å². The number of nitrogens with zero attached hydrogens (tertiary/aromatic N) is 2. The van der Waals surface area contributed by atoms with Crippen molar-refractivity contribution in [2.24, 2.45) is 0 Å². The summed E-state index contributed by atoms with van der Waals surface area (Å²) in [5, 5.41) is 0. The van der Waals surface area contributed by atoms with E-state index >= 15 is 0 Å². The zero-order valence-electron chi connectivity index (χ0n) is 12.2. The van der Waals surface area contributed by atoms with Gasteiger partial charge < -0.3 is 0 Å². The Morgan fingerprint density at radius 3 is 2.70 bits per heavy atom. The average Bonchev–Trinajstić information content (AvgIpc) is 2.78. The lowest BCUT2D eigenvalue weighted by Gasteiger charge is -2.38. The van der Waals surface area contributed by atoms with E-state index in [0.29, 0.717) is 17.8 Å². The number of carbonyl (C=O) groups excluding carboxylic acids is 1. The molecule has 0 saturated heterocycles. The standard InChI is InChI=1S/C16H15N3O3S/c17-18-9-16(20)13-6-7-14-11-23(21,22)19(15(14)8-13)10-12-4-2-1-3-5-12/h1-9,17H,10-11H2,(H-,21,22)/p+1. The smallest absolute Gasteiger partial charge is 0.281 e. The molecule has 0 radical (unpaired) electrons. The molecule has 0 saturated carbocycles. The number of carbonyl (C=O) groups is 1. The summed E-state index contributed by atoms with van der Waals surface area (Å²) in [5.41, 5.74) is 9.50. The Morgan fingerprint density at radius 2 is 2.00 bits per heavy atom. The first kappa shape index (κ1) is 15.5. The number of ketones is 1. The highest BCUT2D eigenvalue weighted by Crippen LogP contribution is 2.57. The van der Waals surface area contributed by atoms with Gasteiger partial charge in [-0.1, -0.05) is 42.5 Å². The molecule has 3 rings (SSSR count). The minimum Gasteiger partial charge on any atom is -0.281 e. The van der Waals surface area contributed by atoms with E-state index in [-0.39, 0.29) is 11.5 Å². The molecule has 7 heteroatoms. The summed E-state index contributed by atoms with van der Waals surface area (Å²) < 4.78 is 22.3. The van der Waals surface area contributed by atoms with Crippen LogP contribution in [0.15, 0.2) is 48.5 Å². The van der Waals surface area contributed by atoms with Crippen LogP contribution in [0.3, 0.4) is 0 Å². The number of nitrogens with one attached hydrogen (secondary N) is 1. The van der Waals surface area contributed by atoms with E-state index in [9.17, 15) is 13.9 Å². The zero-order valence-corrected chi connectivity index (χ0v) is 13.0. The maximum absolute atomic E-state index is 11.9. The predicted molar refractivity (Wildman–Crippen MR) is 89.0 cm³/mol. The van der Waals surface area contributed by atoms with Crippen molar-refractivity contribution >= 4 is 28.5 Å². The summed E-state index contributed by atoms with van der Waals surface area (Å²) >= 11 is 0. The van der Waals surface area contributed by atoms with Crippen LogP contribution in [0.5, 0.6) is 0 Å². The van der Waals surface area contributed by atoms with Crippen molar-refractivity contribution in [2.45, 2.75) is 12.3 Å². The Labute approximate surface area is 135 Å². The topological polar surface area (TPSA) is 98.7 Å². The molecule has 0 aliphatic carbocycles. The number of anilines is 1. The molecule has 2 aromatic rings. The molecule has 6 nitrogen and oxygen atoms in total. The fourth-order valence-electron chi connectivity index (χ4n) is 2.59. The Hall–Kier alpha value is -2.44. The summed E-state index contributed by atoms with van der Waals surface area (Å²) in [6.07, 6.45) is 0.927. The van der Waals surface area contributed by atoms with Gasteiger partial charge in [0.1, 0.15) is 0 Å². The largest absolute Gasteiger partial charge is 0.377 e. The van der Waals surface area contributed by atoms with Crippen LogP contribution in [0.4, 0.5) is 5.69 Å². The lowest BCUT2D eigenvalue weighted by atomic mass is 10.1. The van der Waals surface area contributed by atoms with E-state index in [4.69, 9.17) is 5.53 Å². The molecule has 1 aliphatic heterocycles. The first-order valence-electron chi connectivity index (χ1n) is 6.96. The highest BCUT2D eigenvalue weighted by molar-refractivity contribution is 8.25. The molecule has 0 bridgehead atoms. The van der Waals surface area contributed by atoms with Gasteiger partial charge in [0, 0.05) is 5.56 Å². The molecule has 1 aliphatic rings. The maximum atomic E-state index is 11.9. The van der Waals surface area contributed by atoms with E-state index in [1.54, 1.807) is 22.5 Å². The molecule has 0 fully saturated rings. The maximum Gasteiger partial charge on any atom is 0.377 e. The van der Waals surface area contributed by atoms with E-state index in [1.807, 2.05) is 30.3 Å². The summed E-state index contributed by atoms with van der Waals surface area (Å²) in [4.78, 5) is 14.9. The van der Waals surface area contributed by atoms with Crippen molar-refractivity contribution in [1.82, 2.24) is 0 Å². The average molecular weight is 330 g/mol. The van der Waals surface area contributed by atoms with Gasteiger partial charge in [-0.25, -0.2) is 0 Å². The van der Waals surface area contributed by atoms with Crippen LogP contribution in [-0.4, -0.2) is 25.9 Å². The normalized spacial score (nSPS) is 16.3. The van der Waals surface area contributed by atoms with Gasteiger partial charge in [0.2, 0.25) is 0 Å². The number of rotatable bonds is 4. The van der Waals surface area contributed by atoms with Crippen molar-refractivity contribution in [2.75, 3.05) is 4.31 Å². The van der Waals surface area contributed by atoms with Crippen LogP contribution < -0.4 is 4.31 Å². The van der Waals surface area contributed by atoms with Crippen molar-refractivity contribution < 1.29 is 18.7 Å². The molecule has 0 amide bonds. The summed E-state index contributed by atoms with van der Waals surface area (Å²) in [6.45, 7) is 0.348. The number of hydrogen-bond acceptors (Lipinski definition) is 5. The van der Waals surface area contributed by atoms with Crippen LogP contribution in [0.25, 0.3) is 0 Å². The van der Waals surface area contributed by atoms with E-state index < -0.39 is 10.8 Å². The number of fused-ring (bicyclic) bond motifs is 1. The first-order valence-corrected chi connectivity index (χ1v) is 8.63. The van der Waals surface area contributed by atoms with Crippen LogP contribution in [0, 0.1) is 5.53 Å². The lowest BCUT2D eigenvalue weighted by Crippen LogP contribution is -2.23. The Morgan fingerprint density at radius 1 is 1.26 bits per heavy atom. The molecule has 23 heavy (non-hydrogen) atoms. The van der Waals surface area contributed by atoms with Crippen molar-refractivity contribution in [3.63, 3.8) is 0 Å². The first-order chi connectivity index (χ1) is 11.0. The van der Waals surface area contributed by atoms with Gasteiger partial charge in [-0.3, -0.25) is 18.2 Å². The fraction of sp³-hybridized carbons (Fsp3) is 0.125. The predicted octanol–water partition coefficient (Wildman–Crippen LogP) is 3.37. The highest BCUT2D eigenvalue weighted by atomic mass is 32.3. The molecule has 0 unspecified atom stereocenters. The molecule has 0 aromatic heterocycles. The number of benzene rings is 2. The van der Waals surface area contributed by atoms with Gasteiger partial charge in [0.25, 0.3) is 5.78 Å². The number of Topliss-reactive ketones (excluding diaryl/α,β-unsaturated/α-hetero) is 1. The van der Waals surface area contributed by atoms with Gasteiger partial charge in [0.15, 0.2) is 0 Å². The third kappa shape index (κ3) is 3.04. The van der Waals surface area contributed by atoms with E-state index in [1.165, 1.54) is 0 Å².